The van der Waals surface area contributed by atoms with E-state index in [1.807, 2.05) is 0 Å². The lowest BCUT2D eigenvalue weighted by Gasteiger charge is -2.42. The molecule has 114 valence electrons. The van der Waals surface area contributed by atoms with Crippen LogP contribution in [0.15, 0.2) is 0 Å². The molecule has 2 N–H and O–H groups in total. The Labute approximate surface area is 121 Å². The molecule has 1 heterocycles. The van der Waals surface area contributed by atoms with Gasteiger partial charge in [-0.2, -0.15) is 0 Å². The van der Waals surface area contributed by atoms with Crippen LogP contribution in [0.5, 0.6) is 0 Å². The molecule has 1 aliphatic carbocycles. The number of hydrogen-bond donors (Lipinski definition) is 1. The second-order valence-electron chi connectivity index (χ2n) is 6.24. The number of likely N-dealkylation sites (tertiary alicyclic amines) is 1. The normalized spacial score (nSPS) is 35.7. The maximum absolute atomic E-state index is 13.4. The molecule has 0 spiro atoms. The van der Waals surface area contributed by atoms with Crippen LogP contribution in [-0.4, -0.2) is 36.5 Å². The standard InChI is InChI=1S/C14H26F2N2.ClH/c1-11-4-3-7-18(13(11)9-17)10-12-5-2-6-14(15,16)8-12;/h11-13H,2-10,17H2,1H3;1H. The maximum atomic E-state index is 13.4. The Balaban J connectivity index is 0.00000180. The van der Waals surface area contributed by atoms with Crippen LogP contribution in [0, 0.1) is 11.8 Å². The van der Waals surface area contributed by atoms with E-state index in [9.17, 15) is 8.78 Å². The van der Waals surface area contributed by atoms with E-state index >= 15 is 0 Å². The second-order valence-corrected chi connectivity index (χ2v) is 6.24. The molecular formula is C14H27ClF2N2. The van der Waals surface area contributed by atoms with Gasteiger partial charge in [0.05, 0.1) is 0 Å². The minimum absolute atomic E-state index is 0. The van der Waals surface area contributed by atoms with Crippen molar-refractivity contribution in [3.8, 4) is 0 Å². The molecule has 5 heteroatoms. The zero-order chi connectivity index (χ0) is 13.2. The predicted molar refractivity (Wildman–Crippen MR) is 77.0 cm³/mol. The first-order valence-electron chi connectivity index (χ1n) is 7.34. The largest absolute Gasteiger partial charge is 0.329 e. The molecule has 2 nitrogen and oxygen atoms in total. The first kappa shape index (κ1) is 17.1. The van der Waals surface area contributed by atoms with E-state index in [4.69, 9.17) is 5.73 Å². The number of piperidine rings is 1. The highest BCUT2D eigenvalue weighted by molar-refractivity contribution is 5.85. The highest BCUT2D eigenvalue weighted by Gasteiger charge is 2.38. The van der Waals surface area contributed by atoms with E-state index in [2.05, 4.69) is 11.8 Å². The molecule has 1 aliphatic heterocycles. The van der Waals surface area contributed by atoms with Crippen molar-refractivity contribution >= 4 is 12.4 Å². The van der Waals surface area contributed by atoms with Crippen molar-refractivity contribution < 1.29 is 8.78 Å². The highest BCUT2D eigenvalue weighted by Crippen LogP contribution is 2.37. The highest BCUT2D eigenvalue weighted by atomic mass is 35.5. The van der Waals surface area contributed by atoms with Crippen LogP contribution in [0.3, 0.4) is 0 Å². The number of halogens is 3. The summed E-state index contributed by atoms with van der Waals surface area (Å²) in [5.74, 6) is -1.66. The first-order valence-corrected chi connectivity index (χ1v) is 7.34. The zero-order valence-corrected chi connectivity index (χ0v) is 12.6. The van der Waals surface area contributed by atoms with Crippen molar-refractivity contribution in [1.82, 2.24) is 4.90 Å². The van der Waals surface area contributed by atoms with E-state index in [0.29, 0.717) is 24.9 Å². The Bertz CT molecular complexity index is 276. The van der Waals surface area contributed by atoms with Gasteiger partial charge in [-0.25, -0.2) is 8.78 Å². The van der Waals surface area contributed by atoms with Crippen LogP contribution in [0.4, 0.5) is 8.78 Å². The summed E-state index contributed by atoms with van der Waals surface area (Å²) in [6, 6.07) is 0.397. The number of alkyl halides is 2. The molecule has 2 rings (SSSR count). The van der Waals surface area contributed by atoms with Gasteiger partial charge in [0.1, 0.15) is 0 Å². The molecule has 2 fully saturated rings. The van der Waals surface area contributed by atoms with Gasteiger partial charge in [0.15, 0.2) is 0 Å². The van der Waals surface area contributed by atoms with Crippen LogP contribution in [0.1, 0.15) is 45.4 Å². The fraction of sp³-hybridized carbons (Fsp3) is 1.00. The molecular weight excluding hydrogens is 270 g/mol. The van der Waals surface area contributed by atoms with Gasteiger partial charge in [-0.15, -0.1) is 12.4 Å². The Morgan fingerprint density at radius 2 is 2.00 bits per heavy atom. The molecule has 0 bridgehead atoms. The van der Waals surface area contributed by atoms with Gasteiger partial charge in [0.2, 0.25) is 5.92 Å². The Morgan fingerprint density at radius 1 is 1.26 bits per heavy atom. The third kappa shape index (κ3) is 4.54. The third-order valence-electron chi connectivity index (χ3n) is 4.71. The fourth-order valence-corrected chi connectivity index (χ4v) is 3.71. The molecule has 2 aliphatic rings. The Morgan fingerprint density at radius 3 is 2.63 bits per heavy atom. The molecule has 19 heavy (non-hydrogen) atoms. The third-order valence-corrected chi connectivity index (χ3v) is 4.71. The number of hydrogen-bond acceptors (Lipinski definition) is 2. The summed E-state index contributed by atoms with van der Waals surface area (Å²) in [6.07, 6.45) is 4.20. The summed E-state index contributed by atoms with van der Waals surface area (Å²) in [7, 11) is 0. The van der Waals surface area contributed by atoms with E-state index in [1.165, 1.54) is 12.8 Å². The van der Waals surface area contributed by atoms with Gasteiger partial charge >= 0.3 is 0 Å². The first-order chi connectivity index (χ1) is 8.52. The van der Waals surface area contributed by atoms with Gasteiger partial charge in [0, 0.05) is 32.0 Å². The van der Waals surface area contributed by atoms with Crippen LogP contribution >= 0.6 is 12.4 Å². The van der Waals surface area contributed by atoms with Crippen molar-refractivity contribution in [3.63, 3.8) is 0 Å². The SMILES string of the molecule is CC1CCCN(CC2CCCC(F)(F)C2)C1CN.Cl. The molecule has 1 saturated heterocycles. The molecule has 0 aromatic carbocycles. The Kier molecular flexibility index (Phi) is 6.48. The summed E-state index contributed by atoms with van der Waals surface area (Å²) < 4.78 is 26.8. The van der Waals surface area contributed by atoms with Crippen LogP contribution in [0.25, 0.3) is 0 Å². The smallest absolute Gasteiger partial charge is 0.248 e. The summed E-state index contributed by atoms with van der Waals surface area (Å²) in [4.78, 5) is 2.38. The average molecular weight is 297 g/mol. The van der Waals surface area contributed by atoms with Gasteiger partial charge in [-0.3, -0.25) is 4.90 Å². The van der Waals surface area contributed by atoms with Crippen LogP contribution < -0.4 is 5.73 Å². The fourth-order valence-electron chi connectivity index (χ4n) is 3.71. The zero-order valence-electron chi connectivity index (χ0n) is 11.8. The average Bonchev–Trinajstić information content (AvgIpc) is 2.28. The minimum Gasteiger partial charge on any atom is -0.329 e. The summed E-state index contributed by atoms with van der Waals surface area (Å²) >= 11 is 0. The quantitative estimate of drug-likeness (QED) is 0.866. The number of rotatable bonds is 3. The lowest BCUT2D eigenvalue weighted by atomic mass is 9.84. The molecule has 0 aromatic rings. The second kappa shape index (κ2) is 7.19. The molecule has 0 aromatic heterocycles. The molecule has 0 radical (unpaired) electrons. The minimum atomic E-state index is -2.43. The molecule has 1 saturated carbocycles. The van der Waals surface area contributed by atoms with Crippen LogP contribution in [0.2, 0.25) is 0 Å². The lowest BCUT2D eigenvalue weighted by molar-refractivity contribution is -0.0610. The van der Waals surface area contributed by atoms with E-state index in [-0.39, 0.29) is 31.2 Å². The van der Waals surface area contributed by atoms with E-state index in [0.717, 1.165) is 19.5 Å². The predicted octanol–water partition coefficient (Wildman–Crippen LogP) is 3.29. The van der Waals surface area contributed by atoms with Crippen LogP contribution in [-0.2, 0) is 0 Å². The van der Waals surface area contributed by atoms with Crippen molar-refractivity contribution in [2.75, 3.05) is 19.6 Å². The van der Waals surface area contributed by atoms with E-state index in [1.54, 1.807) is 0 Å². The number of nitrogens with two attached hydrogens (primary N) is 1. The molecule has 3 atom stereocenters. The Hall–Kier alpha value is 0.0700. The summed E-state index contributed by atoms with van der Waals surface area (Å²) in [5.41, 5.74) is 5.85. The van der Waals surface area contributed by atoms with Crippen molar-refractivity contribution in [2.24, 2.45) is 17.6 Å². The summed E-state index contributed by atoms with van der Waals surface area (Å²) in [6.45, 7) is 4.75. The summed E-state index contributed by atoms with van der Waals surface area (Å²) in [5, 5.41) is 0. The van der Waals surface area contributed by atoms with Gasteiger partial charge in [-0.1, -0.05) is 6.92 Å². The molecule has 0 amide bonds. The maximum Gasteiger partial charge on any atom is 0.248 e. The van der Waals surface area contributed by atoms with Gasteiger partial charge < -0.3 is 5.73 Å². The lowest BCUT2D eigenvalue weighted by Crippen LogP contribution is -2.50. The number of nitrogens with zero attached hydrogens (tertiary/aromatic N) is 1. The van der Waals surface area contributed by atoms with Gasteiger partial charge in [-0.05, 0) is 44.1 Å². The molecule has 3 unspecified atom stereocenters. The van der Waals surface area contributed by atoms with Crippen molar-refractivity contribution in [2.45, 2.75) is 57.4 Å². The van der Waals surface area contributed by atoms with Crippen molar-refractivity contribution in [3.05, 3.63) is 0 Å². The van der Waals surface area contributed by atoms with Crippen molar-refractivity contribution in [1.29, 1.82) is 0 Å². The van der Waals surface area contributed by atoms with Gasteiger partial charge in [0.25, 0.3) is 0 Å². The topological polar surface area (TPSA) is 29.3 Å². The monoisotopic (exact) mass is 296 g/mol. The van der Waals surface area contributed by atoms with E-state index < -0.39 is 5.92 Å².